The van der Waals surface area contributed by atoms with E-state index >= 15 is 0 Å². The van der Waals surface area contributed by atoms with Crippen LogP contribution in [0.5, 0.6) is 0 Å². The fraction of sp³-hybridized carbons (Fsp3) is 0. The smallest absolute Gasteiger partial charge is 0.182 e. The Bertz CT molecular complexity index is 966. The lowest BCUT2D eigenvalue weighted by Crippen LogP contribution is -1.99. The third kappa shape index (κ3) is 2.10. The molecule has 0 bridgehead atoms. The van der Waals surface area contributed by atoms with Gasteiger partial charge in [0.2, 0.25) is 0 Å². The summed E-state index contributed by atoms with van der Waals surface area (Å²) in [7, 11) is 0. The average molecular weight is 305 g/mol. The van der Waals surface area contributed by atoms with Gasteiger partial charge in [0.1, 0.15) is 17.2 Å². The zero-order valence-electron chi connectivity index (χ0n) is 10.3. The van der Waals surface area contributed by atoms with Crippen LogP contribution in [0.4, 0.5) is 13.2 Å². The monoisotopic (exact) mass is 305 g/mol. The maximum atomic E-state index is 14.1. The molecule has 2 aromatic carbocycles. The molecular formula is C14H6F3N3S. The summed E-state index contributed by atoms with van der Waals surface area (Å²) < 4.78 is 42.4. The molecule has 0 radical (unpaired) electrons. The van der Waals surface area contributed by atoms with Crippen LogP contribution in [0, 0.1) is 33.6 Å². The van der Waals surface area contributed by atoms with Gasteiger partial charge in [0.15, 0.2) is 10.6 Å². The lowest BCUT2D eigenvalue weighted by molar-refractivity contribution is 0.590. The number of aromatic nitrogens is 2. The van der Waals surface area contributed by atoms with Crippen molar-refractivity contribution in [3.63, 3.8) is 0 Å². The van der Waals surface area contributed by atoms with Crippen molar-refractivity contribution >= 4 is 23.3 Å². The van der Waals surface area contributed by atoms with E-state index in [1.165, 1.54) is 16.7 Å². The Morgan fingerprint density at radius 1 is 1.10 bits per heavy atom. The average Bonchev–Trinajstić information content (AvgIpc) is 2.75. The highest BCUT2D eigenvalue weighted by Gasteiger charge is 2.15. The molecule has 21 heavy (non-hydrogen) atoms. The predicted molar refractivity (Wildman–Crippen MR) is 73.0 cm³/mol. The molecule has 0 fully saturated rings. The van der Waals surface area contributed by atoms with E-state index in [0.717, 1.165) is 12.1 Å². The molecule has 1 aromatic heterocycles. The number of halogens is 3. The highest BCUT2D eigenvalue weighted by Crippen LogP contribution is 2.25. The van der Waals surface area contributed by atoms with Crippen molar-refractivity contribution in [2.45, 2.75) is 0 Å². The number of fused-ring (bicyclic) bond motifs is 1. The van der Waals surface area contributed by atoms with Crippen LogP contribution >= 0.6 is 12.2 Å². The van der Waals surface area contributed by atoms with Crippen LogP contribution < -0.4 is 0 Å². The maximum Gasteiger partial charge on any atom is 0.182 e. The van der Waals surface area contributed by atoms with E-state index < -0.39 is 17.5 Å². The summed E-state index contributed by atoms with van der Waals surface area (Å²) in [6.45, 7) is 0. The summed E-state index contributed by atoms with van der Waals surface area (Å²) in [5, 5.41) is 8.73. The van der Waals surface area contributed by atoms with Crippen molar-refractivity contribution in [1.29, 1.82) is 5.26 Å². The highest BCUT2D eigenvalue weighted by molar-refractivity contribution is 7.71. The molecule has 0 saturated heterocycles. The van der Waals surface area contributed by atoms with E-state index in [0.29, 0.717) is 6.07 Å². The zero-order valence-corrected chi connectivity index (χ0v) is 11.1. The van der Waals surface area contributed by atoms with Gasteiger partial charge in [0.05, 0.1) is 22.8 Å². The molecule has 3 rings (SSSR count). The van der Waals surface area contributed by atoms with Gasteiger partial charge in [0.25, 0.3) is 0 Å². The second kappa shape index (κ2) is 4.75. The van der Waals surface area contributed by atoms with Gasteiger partial charge in [-0.15, -0.1) is 0 Å². The number of hydrogen-bond acceptors (Lipinski definition) is 2. The van der Waals surface area contributed by atoms with Crippen molar-refractivity contribution < 1.29 is 13.2 Å². The van der Waals surface area contributed by atoms with Gasteiger partial charge in [-0.2, -0.15) is 5.26 Å². The molecule has 0 aliphatic carbocycles. The van der Waals surface area contributed by atoms with E-state index in [4.69, 9.17) is 17.5 Å². The Morgan fingerprint density at radius 2 is 1.86 bits per heavy atom. The molecule has 0 aliphatic rings. The Balaban J connectivity index is 2.38. The fourth-order valence-corrected chi connectivity index (χ4v) is 2.43. The molecule has 0 amide bonds. The summed E-state index contributed by atoms with van der Waals surface area (Å²) in [4.78, 5) is 2.58. The van der Waals surface area contributed by atoms with E-state index in [1.807, 2.05) is 6.07 Å². The second-order valence-corrected chi connectivity index (χ2v) is 4.71. The number of aromatic amines is 1. The highest BCUT2D eigenvalue weighted by atomic mass is 32.1. The van der Waals surface area contributed by atoms with Crippen LogP contribution in [0.1, 0.15) is 5.56 Å². The molecule has 3 aromatic rings. The number of nitrogens with zero attached hydrogens (tertiary/aromatic N) is 2. The lowest BCUT2D eigenvalue weighted by Gasteiger charge is -2.06. The van der Waals surface area contributed by atoms with Crippen molar-refractivity contribution in [2.24, 2.45) is 0 Å². The molecule has 1 heterocycles. The molecular weight excluding hydrogens is 299 g/mol. The number of imidazole rings is 1. The molecule has 7 heteroatoms. The Hall–Kier alpha value is -2.59. The molecule has 1 N–H and O–H groups in total. The van der Waals surface area contributed by atoms with Gasteiger partial charge in [0, 0.05) is 12.1 Å². The molecule has 0 spiro atoms. The minimum Gasteiger partial charge on any atom is -0.328 e. The number of rotatable bonds is 1. The third-order valence-corrected chi connectivity index (χ3v) is 3.31. The number of benzene rings is 2. The van der Waals surface area contributed by atoms with Gasteiger partial charge in [-0.05, 0) is 30.4 Å². The van der Waals surface area contributed by atoms with Crippen molar-refractivity contribution in [3.05, 3.63) is 58.1 Å². The van der Waals surface area contributed by atoms with E-state index in [9.17, 15) is 13.2 Å². The molecule has 0 unspecified atom stereocenters. The van der Waals surface area contributed by atoms with Crippen molar-refractivity contribution in [3.8, 4) is 11.8 Å². The summed E-state index contributed by atoms with van der Waals surface area (Å²) in [5.74, 6) is -2.32. The van der Waals surface area contributed by atoms with Gasteiger partial charge in [-0.1, -0.05) is 0 Å². The second-order valence-electron chi connectivity index (χ2n) is 4.33. The van der Waals surface area contributed by atoms with Crippen LogP contribution in [0.2, 0.25) is 0 Å². The number of H-pyrrole nitrogens is 1. The van der Waals surface area contributed by atoms with Crippen LogP contribution in [-0.4, -0.2) is 9.55 Å². The first kappa shape index (κ1) is 13.4. The Kier molecular flexibility index (Phi) is 3.03. The number of nitriles is 1. The van der Waals surface area contributed by atoms with Crippen molar-refractivity contribution in [2.75, 3.05) is 0 Å². The van der Waals surface area contributed by atoms with E-state index in [2.05, 4.69) is 4.98 Å². The maximum absolute atomic E-state index is 14.1. The third-order valence-electron chi connectivity index (χ3n) is 3.03. The number of hydrogen-bond donors (Lipinski definition) is 1. The molecule has 0 saturated carbocycles. The number of nitrogens with one attached hydrogen (secondary N) is 1. The minimum atomic E-state index is -0.816. The molecule has 0 atom stereocenters. The molecule has 3 nitrogen and oxygen atoms in total. The van der Waals surface area contributed by atoms with Crippen molar-refractivity contribution in [1.82, 2.24) is 9.55 Å². The minimum absolute atomic E-state index is 0.00911. The Morgan fingerprint density at radius 3 is 2.52 bits per heavy atom. The van der Waals surface area contributed by atoms with Gasteiger partial charge in [-0.3, -0.25) is 4.57 Å². The summed E-state index contributed by atoms with van der Waals surface area (Å²) in [6.07, 6.45) is 0. The van der Waals surface area contributed by atoms with Crippen LogP contribution in [-0.2, 0) is 0 Å². The van der Waals surface area contributed by atoms with Crippen LogP contribution in [0.15, 0.2) is 30.3 Å². The summed E-state index contributed by atoms with van der Waals surface area (Å²) in [6, 6.07) is 7.34. The van der Waals surface area contributed by atoms with Gasteiger partial charge < -0.3 is 4.98 Å². The first-order valence-electron chi connectivity index (χ1n) is 5.81. The largest absolute Gasteiger partial charge is 0.328 e. The van der Waals surface area contributed by atoms with Crippen LogP contribution in [0.3, 0.4) is 0 Å². The SMILES string of the molecule is N#Cc1ccc(-n2c(=S)[nH]c3c(F)cc(F)cc32)c(F)c1. The first-order chi connectivity index (χ1) is 10.0. The van der Waals surface area contributed by atoms with E-state index in [1.54, 1.807) is 0 Å². The summed E-state index contributed by atoms with van der Waals surface area (Å²) in [5.41, 5.74) is 0.224. The predicted octanol–water partition coefficient (Wildman–Crippen LogP) is 3.98. The lowest BCUT2D eigenvalue weighted by atomic mass is 10.2. The quantitative estimate of drug-likeness (QED) is 0.691. The first-order valence-corrected chi connectivity index (χ1v) is 6.22. The molecule has 104 valence electrons. The summed E-state index contributed by atoms with van der Waals surface area (Å²) >= 11 is 5.05. The standard InChI is InChI=1S/C14H6F3N3S/c15-8-4-10(17)13-12(5-8)20(14(21)19-13)11-2-1-7(6-18)3-9(11)16/h1-5H,(H,19,21). The topological polar surface area (TPSA) is 44.5 Å². The normalized spacial score (nSPS) is 10.8. The molecule has 0 aliphatic heterocycles. The Labute approximate surface area is 121 Å². The van der Waals surface area contributed by atoms with E-state index in [-0.39, 0.29) is 27.1 Å². The zero-order chi connectivity index (χ0) is 15.1. The van der Waals surface area contributed by atoms with Crippen LogP contribution in [0.25, 0.3) is 16.7 Å². The van der Waals surface area contributed by atoms with Gasteiger partial charge >= 0.3 is 0 Å². The van der Waals surface area contributed by atoms with Gasteiger partial charge in [-0.25, -0.2) is 13.2 Å². The fourth-order valence-electron chi connectivity index (χ4n) is 2.13.